The van der Waals surface area contributed by atoms with E-state index in [0.29, 0.717) is 19.2 Å². The van der Waals surface area contributed by atoms with E-state index in [-0.39, 0.29) is 5.97 Å². The van der Waals surface area contributed by atoms with Gasteiger partial charge in [-0.25, -0.2) is 0 Å². The summed E-state index contributed by atoms with van der Waals surface area (Å²) in [6.07, 6.45) is 4.89. The van der Waals surface area contributed by atoms with Gasteiger partial charge in [-0.3, -0.25) is 4.79 Å². The fraction of sp³-hybridized carbons (Fsp3) is 0.500. The van der Waals surface area contributed by atoms with Gasteiger partial charge in [0.05, 0.1) is 6.54 Å². The number of hydrogen-bond acceptors (Lipinski definition) is 3. The molecule has 0 radical (unpaired) electrons. The van der Waals surface area contributed by atoms with Gasteiger partial charge in [-0.05, 0) is 18.9 Å². The zero-order valence-corrected chi connectivity index (χ0v) is 11.9. The molecule has 1 fully saturated rings. The maximum absolute atomic E-state index is 11.6. The Hall–Kier alpha value is -0.870. The normalized spacial score (nSPS) is 15.8. The SMILES string of the molecule is O=C(CNC1CCCC1)OCc1ccccc1Br. The monoisotopic (exact) mass is 311 g/mol. The molecule has 1 saturated carbocycles. The first-order valence-corrected chi connectivity index (χ1v) is 7.17. The quantitative estimate of drug-likeness (QED) is 0.849. The third-order valence-corrected chi connectivity index (χ3v) is 4.01. The molecule has 18 heavy (non-hydrogen) atoms. The molecule has 2 rings (SSSR count). The van der Waals surface area contributed by atoms with Crippen LogP contribution in [0, 0.1) is 0 Å². The Bertz CT molecular complexity index is 403. The molecular weight excluding hydrogens is 294 g/mol. The van der Waals surface area contributed by atoms with Gasteiger partial charge in [0.15, 0.2) is 0 Å². The third-order valence-electron chi connectivity index (χ3n) is 3.24. The molecular formula is C14H18BrNO2. The van der Waals surface area contributed by atoms with Crippen LogP contribution in [-0.2, 0) is 16.1 Å². The lowest BCUT2D eigenvalue weighted by Gasteiger charge is -2.11. The van der Waals surface area contributed by atoms with Crippen LogP contribution >= 0.6 is 15.9 Å². The van der Waals surface area contributed by atoms with Gasteiger partial charge < -0.3 is 10.1 Å². The molecule has 0 bridgehead atoms. The van der Waals surface area contributed by atoms with Crippen molar-refractivity contribution in [1.82, 2.24) is 5.32 Å². The summed E-state index contributed by atoms with van der Waals surface area (Å²) in [6.45, 7) is 0.641. The number of nitrogens with one attached hydrogen (secondary N) is 1. The van der Waals surface area contributed by atoms with Gasteiger partial charge >= 0.3 is 5.97 Å². The van der Waals surface area contributed by atoms with Crippen LogP contribution in [0.4, 0.5) is 0 Å². The molecule has 1 N–H and O–H groups in total. The minimum Gasteiger partial charge on any atom is -0.460 e. The van der Waals surface area contributed by atoms with Crippen LogP contribution in [0.25, 0.3) is 0 Å². The molecule has 98 valence electrons. The van der Waals surface area contributed by atoms with Crippen molar-refractivity contribution in [1.29, 1.82) is 0 Å². The summed E-state index contributed by atoms with van der Waals surface area (Å²) < 4.78 is 6.21. The molecule has 1 aliphatic rings. The summed E-state index contributed by atoms with van der Waals surface area (Å²) in [5.74, 6) is -0.183. The molecule has 0 amide bonds. The van der Waals surface area contributed by atoms with Crippen molar-refractivity contribution in [2.24, 2.45) is 0 Å². The van der Waals surface area contributed by atoms with Crippen molar-refractivity contribution < 1.29 is 9.53 Å². The number of benzene rings is 1. The number of rotatable bonds is 5. The van der Waals surface area contributed by atoms with E-state index in [1.165, 1.54) is 25.7 Å². The number of carbonyl (C=O) groups is 1. The van der Waals surface area contributed by atoms with Crippen LogP contribution in [0.15, 0.2) is 28.7 Å². The van der Waals surface area contributed by atoms with Crippen LogP contribution < -0.4 is 5.32 Å². The largest absolute Gasteiger partial charge is 0.460 e. The molecule has 0 spiro atoms. The molecule has 1 aromatic rings. The smallest absolute Gasteiger partial charge is 0.320 e. The first-order valence-electron chi connectivity index (χ1n) is 6.38. The maximum atomic E-state index is 11.6. The van der Waals surface area contributed by atoms with Crippen LogP contribution in [-0.4, -0.2) is 18.6 Å². The molecule has 4 heteroatoms. The zero-order valence-electron chi connectivity index (χ0n) is 10.3. The second-order valence-electron chi connectivity index (χ2n) is 4.61. The van der Waals surface area contributed by atoms with Gasteiger partial charge in [-0.1, -0.05) is 47.0 Å². The van der Waals surface area contributed by atoms with E-state index < -0.39 is 0 Å². The van der Waals surface area contributed by atoms with Crippen LogP contribution in [0.2, 0.25) is 0 Å². The van der Waals surface area contributed by atoms with E-state index in [0.717, 1.165) is 10.0 Å². The standard InChI is InChI=1S/C14H18BrNO2/c15-13-8-4-1-5-11(13)10-18-14(17)9-16-12-6-2-3-7-12/h1,4-5,8,12,16H,2-3,6-7,9-10H2. The van der Waals surface area contributed by atoms with Crippen molar-refractivity contribution in [2.75, 3.05) is 6.54 Å². The minimum absolute atomic E-state index is 0.183. The average Bonchev–Trinajstić information content (AvgIpc) is 2.88. The van der Waals surface area contributed by atoms with Gasteiger partial charge in [0.2, 0.25) is 0 Å². The van der Waals surface area contributed by atoms with Crippen LogP contribution in [0.5, 0.6) is 0 Å². The Morgan fingerprint density at radius 2 is 2.06 bits per heavy atom. The van der Waals surface area contributed by atoms with Gasteiger partial charge in [-0.2, -0.15) is 0 Å². The number of ether oxygens (including phenoxy) is 1. The summed E-state index contributed by atoms with van der Waals surface area (Å²) in [6, 6.07) is 8.27. The van der Waals surface area contributed by atoms with Gasteiger partial charge in [0, 0.05) is 16.1 Å². The summed E-state index contributed by atoms with van der Waals surface area (Å²) in [5, 5.41) is 3.25. The lowest BCUT2D eigenvalue weighted by atomic mass is 10.2. The van der Waals surface area contributed by atoms with E-state index in [2.05, 4.69) is 21.2 Å². The highest BCUT2D eigenvalue weighted by molar-refractivity contribution is 9.10. The number of halogens is 1. The highest BCUT2D eigenvalue weighted by Gasteiger charge is 2.15. The average molecular weight is 312 g/mol. The Labute approximate surface area is 116 Å². The fourth-order valence-corrected chi connectivity index (χ4v) is 2.58. The summed E-state index contributed by atoms with van der Waals surface area (Å²) in [4.78, 5) is 11.6. The highest BCUT2D eigenvalue weighted by Crippen LogP contribution is 2.18. The molecule has 0 aromatic heterocycles. The van der Waals surface area contributed by atoms with Crippen LogP contribution in [0.3, 0.4) is 0 Å². The van der Waals surface area contributed by atoms with Gasteiger partial charge in [-0.15, -0.1) is 0 Å². The van der Waals surface area contributed by atoms with E-state index in [1.54, 1.807) is 0 Å². The Kier molecular flexibility index (Phi) is 5.20. The minimum atomic E-state index is -0.183. The molecule has 0 atom stereocenters. The lowest BCUT2D eigenvalue weighted by molar-refractivity contribution is -0.144. The predicted molar refractivity (Wildman–Crippen MR) is 74.2 cm³/mol. The van der Waals surface area contributed by atoms with E-state index in [9.17, 15) is 4.79 Å². The molecule has 0 aliphatic heterocycles. The maximum Gasteiger partial charge on any atom is 0.320 e. The molecule has 0 heterocycles. The summed E-state index contributed by atoms with van der Waals surface area (Å²) >= 11 is 3.43. The summed E-state index contributed by atoms with van der Waals surface area (Å²) in [7, 11) is 0. The number of hydrogen-bond donors (Lipinski definition) is 1. The lowest BCUT2D eigenvalue weighted by Crippen LogP contribution is -2.32. The Morgan fingerprint density at radius 1 is 1.33 bits per heavy atom. The van der Waals surface area contributed by atoms with Crippen molar-refractivity contribution in [3.05, 3.63) is 34.3 Å². The fourth-order valence-electron chi connectivity index (χ4n) is 2.18. The number of esters is 1. The first kappa shape index (κ1) is 13.6. The van der Waals surface area contributed by atoms with E-state index in [4.69, 9.17) is 4.74 Å². The van der Waals surface area contributed by atoms with Crippen molar-refractivity contribution in [3.63, 3.8) is 0 Å². The predicted octanol–water partition coefficient (Wildman–Crippen LogP) is 3.02. The first-order chi connectivity index (χ1) is 8.75. The number of carbonyl (C=O) groups excluding carboxylic acids is 1. The molecule has 1 aromatic carbocycles. The second kappa shape index (κ2) is 6.90. The molecule has 0 saturated heterocycles. The highest BCUT2D eigenvalue weighted by atomic mass is 79.9. The van der Waals surface area contributed by atoms with E-state index >= 15 is 0 Å². The van der Waals surface area contributed by atoms with Gasteiger partial charge in [0.1, 0.15) is 6.61 Å². The molecule has 3 nitrogen and oxygen atoms in total. The molecule has 0 unspecified atom stereocenters. The van der Waals surface area contributed by atoms with Crippen molar-refractivity contribution in [2.45, 2.75) is 38.3 Å². The van der Waals surface area contributed by atoms with Crippen molar-refractivity contribution >= 4 is 21.9 Å². The third kappa shape index (κ3) is 4.10. The van der Waals surface area contributed by atoms with Crippen molar-refractivity contribution in [3.8, 4) is 0 Å². The molecule has 1 aliphatic carbocycles. The van der Waals surface area contributed by atoms with Gasteiger partial charge in [0.25, 0.3) is 0 Å². The Morgan fingerprint density at radius 3 is 2.78 bits per heavy atom. The van der Waals surface area contributed by atoms with Crippen LogP contribution in [0.1, 0.15) is 31.2 Å². The second-order valence-corrected chi connectivity index (χ2v) is 5.47. The topological polar surface area (TPSA) is 38.3 Å². The van der Waals surface area contributed by atoms with E-state index in [1.807, 2.05) is 24.3 Å². The zero-order chi connectivity index (χ0) is 12.8. The Balaban J connectivity index is 1.69. The summed E-state index contributed by atoms with van der Waals surface area (Å²) in [5.41, 5.74) is 0.992.